The number of aromatic nitrogens is 1. The molecule has 7 amide bonds. The number of amides is 7. The van der Waals surface area contributed by atoms with Crippen LogP contribution in [0.3, 0.4) is 0 Å². The molecule has 3 saturated carbocycles. The Morgan fingerprint density at radius 2 is 1.34 bits per heavy atom. The molecule has 1 unspecified atom stereocenters. The Balaban J connectivity index is 0.000000388. The summed E-state index contributed by atoms with van der Waals surface area (Å²) < 4.78 is 0. The highest BCUT2D eigenvalue weighted by atomic mass is 33.1. The molecule has 0 radical (unpaired) electrons. The molecule has 4 aromatic rings. The van der Waals surface area contributed by atoms with Gasteiger partial charge in [0.15, 0.2) is 11.6 Å². The van der Waals surface area contributed by atoms with Gasteiger partial charge in [0, 0.05) is 53.3 Å². The van der Waals surface area contributed by atoms with E-state index in [9.17, 15) is 63.6 Å². The van der Waals surface area contributed by atoms with Gasteiger partial charge in [0.05, 0.1) is 30.9 Å². The van der Waals surface area contributed by atoms with Crippen molar-refractivity contribution in [2.75, 3.05) is 24.7 Å². The number of rotatable bonds is 18. The number of carbonyl (C=O) groups excluding carboxylic acids is 9. The number of carbonyl (C=O) groups is 9. The highest BCUT2D eigenvalue weighted by molar-refractivity contribution is 8.76. The summed E-state index contributed by atoms with van der Waals surface area (Å²) in [6.45, 7) is 10.6. The molecule has 0 spiro atoms. The molecule has 3 aromatic carbocycles. The maximum absolute atomic E-state index is 14.7. The minimum Gasteiger partial charge on any atom is -0.394 e. The number of para-hydroxylation sites is 1. The van der Waals surface area contributed by atoms with Crippen molar-refractivity contribution in [3.8, 4) is 0 Å². The Morgan fingerprint density at radius 1 is 0.729 bits per heavy atom. The zero-order valence-electron chi connectivity index (χ0n) is 55.8. The van der Waals surface area contributed by atoms with E-state index in [-0.39, 0.29) is 60.3 Å². The van der Waals surface area contributed by atoms with E-state index in [1.165, 1.54) is 19.4 Å². The standard InChI is InChI=1S/C49H66N10O10S2.C22H32O3/c1-28(61)39(25-60)56-48(68)41-27-71-70-26-40(57-43(63)34(51)21-30-13-5-3-6-14-30)47(67)54-37(22-31-15-7-4-8-16-31)45(65)55-38(23-32-24-52-35-18-10-9-17-33(32)35)46(66)53-36(19-11-12-20-50)44(64)59-42(29(2)62)49(69)58-41;1-13-11-16-17(20(3)8-5-15(24)12-19(13)20)6-9-21(4)18(16)7-10-22(21,25)14(2)23/h3-10,13-18,24,28-29,34,36-42,52,60-62H,11-12,19-23,25-27,50-51H2,1-2H3,(H,53,66)(H,54,67)(H,55,65)(H,56,68)(H,57,63)(H,58,69)(H,59,64);12-13,16-18,25H,5-11H2,1-4H3/t28-,29?,34-,36+,37+,38-,39-,40+,41+,42+;13-,16+,17-,18-,20+,21-,22-/m10/s1. The zero-order chi connectivity index (χ0) is 69.6. The van der Waals surface area contributed by atoms with Gasteiger partial charge in [-0.15, -0.1) is 0 Å². The molecular weight excluding hydrogens is 1260 g/mol. The average molecular weight is 1360 g/mol. The van der Waals surface area contributed by atoms with Gasteiger partial charge in [0.1, 0.15) is 41.9 Å². The van der Waals surface area contributed by atoms with Crippen LogP contribution in [0.1, 0.15) is 122 Å². The van der Waals surface area contributed by atoms with Crippen LogP contribution in [0.25, 0.3) is 10.9 Å². The molecule has 1 saturated heterocycles. The van der Waals surface area contributed by atoms with Crippen LogP contribution in [0.2, 0.25) is 0 Å². The summed E-state index contributed by atoms with van der Waals surface area (Å²) in [5, 5.41) is 61.7. The van der Waals surface area contributed by atoms with Gasteiger partial charge in [-0.1, -0.05) is 127 Å². The molecule has 522 valence electrons. The first kappa shape index (κ1) is 74.8. The van der Waals surface area contributed by atoms with Gasteiger partial charge in [-0.2, -0.15) is 0 Å². The SMILES string of the molecule is CC(=O)[C@@]1(O)CC[C@H]2[C@@H]3C[C@H](C)C4=CC(=O)CC[C@]4(C)[C@H]3CC[C@@]21C.CC(O)[C@@H]1NC(=O)[C@H](CCCCN)NC(=O)[C@@H](Cc2c[nH]c3ccccc23)NC(=O)[C@H](Cc2ccccc2)NC(=O)[C@@H](NC(=O)[C@H](N)Cc2ccccc2)CSSC[C@@H](C(=O)N[C@H](CO)[C@@H](C)O)NC1=O. The van der Waals surface area contributed by atoms with Crippen LogP contribution in [0.5, 0.6) is 0 Å². The number of Topliss-reactive ketones (excluding diaryl/α,β-unsaturated/α-hetero) is 1. The largest absolute Gasteiger partial charge is 0.394 e. The smallest absolute Gasteiger partial charge is 0.245 e. The number of fused-ring (bicyclic) bond motifs is 6. The van der Waals surface area contributed by atoms with Crippen molar-refractivity contribution in [1.82, 2.24) is 42.2 Å². The van der Waals surface area contributed by atoms with Gasteiger partial charge in [-0.25, -0.2) is 0 Å². The molecule has 4 fully saturated rings. The third kappa shape index (κ3) is 17.8. The quantitative estimate of drug-likeness (QED) is 0.0502. The molecule has 1 aliphatic heterocycles. The lowest BCUT2D eigenvalue weighted by Gasteiger charge is -2.60. The van der Waals surface area contributed by atoms with Crippen LogP contribution < -0.4 is 48.7 Å². The third-order valence-electron chi connectivity index (χ3n) is 20.9. The van der Waals surface area contributed by atoms with E-state index in [1.54, 1.807) is 67.7 Å². The fourth-order valence-corrected chi connectivity index (χ4v) is 17.6. The minimum absolute atomic E-state index is 0.0340. The van der Waals surface area contributed by atoms with Crippen molar-refractivity contribution in [2.45, 2.75) is 191 Å². The van der Waals surface area contributed by atoms with Crippen LogP contribution in [0, 0.1) is 34.5 Å². The van der Waals surface area contributed by atoms with Crippen LogP contribution in [0.4, 0.5) is 0 Å². The van der Waals surface area contributed by atoms with Crippen LogP contribution in [-0.4, -0.2) is 169 Å². The van der Waals surface area contributed by atoms with Crippen molar-refractivity contribution in [2.24, 2.45) is 46.0 Å². The summed E-state index contributed by atoms with van der Waals surface area (Å²) in [7, 11) is 2.06. The zero-order valence-corrected chi connectivity index (χ0v) is 57.4. The number of nitrogens with two attached hydrogens (primary N) is 2. The highest BCUT2D eigenvalue weighted by Gasteiger charge is 2.66. The predicted octanol–water partition coefficient (Wildman–Crippen LogP) is 3.28. The summed E-state index contributed by atoms with van der Waals surface area (Å²) in [4.78, 5) is 127. The third-order valence-corrected chi connectivity index (χ3v) is 23.3. The maximum Gasteiger partial charge on any atom is 0.245 e. The van der Waals surface area contributed by atoms with E-state index < -0.39 is 114 Å². The number of aliphatic hydroxyl groups is 4. The van der Waals surface area contributed by atoms with Crippen molar-refractivity contribution >= 4 is 85.4 Å². The number of hydrogen-bond donors (Lipinski definition) is 14. The van der Waals surface area contributed by atoms with Gasteiger partial charge in [-0.05, 0) is 149 Å². The fourth-order valence-electron chi connectivity index (χ4n) is 15.3. The average Bonchev–Trinajstić information content (AvgIpc) is 1.35. The fraction of sp³-hybridized carbons (Fsp3) is 0.563. The van der Waals surface area contributed by atoms with E-state index >= 15 is 0 Å². The second kappa shape index (κ2) is 33.5. The van der Waals surface area contributed by atoms with Crippen molar-refractivity contribution in [3.63, 3.8) is 0 Å². The first-order valence-electron chi connectivity index (χ1n) is 33.6. The number of nitrogens with one attached hydrogen (secondary N) is 8. The van der Waals surface area contributed by atoms with Crippen molar-refractivity contribution in [3.05, 3.63) is 119 Å². The lowest BCUT2D eigenvalue weighted by molar-refractivity contribution is -0.161. The van der Waals surface area contributed by atoms with Gasteiger partial charge < -0.3 is 74.1 Å². The summed E-state index contributed by atoms with van der Waals surface area (Å²) in [6, 6.07) is 14.6. The number of allylic oxidation sites excluding steroid dienone is 1. The number of unbranched alkanes of at least 4 members (excludes halogenated alkanes) is 1. The Morgan fingerprint density at radius 3 is 2.00 bits per heavy atom. The first-order chi connectivity index (χ1) is 45.7. The van der Waals surface area contributed by atoms with Gasteiger partial charge >= 0.3 is 0 Å². The lowest BCUT2D eigenvalue weighted by atomic mass is 9.45. The van der Waals surface area contributed by atoms with Crippen LogP contribution >= 0.6 is 21.6 Å². The summed E-state index contributed by atoms with van der Waals surface area (Å²) in [6.07, 6.45) is 8.15. The molecule has 5 aliphatic rings. The number of hydrogen-bond acceptors (Lipinski definition) is 17. The van der Waals surface area contributed by atoms with E-state index in [4.69, 9.17) is 11.5 Å². The maximum atomic E-state index is 14.7. The first-order valence-corrected chi connectivity index (χ1v) is 36.1. The van der Waals surface area contributed by atoms with Crippen LogP contribution in [-0.2, 0) is 62.4 Å². The van der Waals surface area contributed by atoms with Gasteiger partial charge in [0.2, 0.25) is 41.4 Å². The molecule has 25 heteroatoms. The van der Waals surface area contributed by atoms with Gasteiger partial charge in [-0.3, -0.25) is 43.2 Å². The molecule has 4 aliphatic carbocycles. The van der Waals surface area contributed by atoms with Crippen molar-refractivity contribution in [1.29, 1.82) is 0 Å². The van der Waals surface area contributed by atoms with E-state index in [1.807, 2.05) is 36.4 Å². The molecular formula is C71H98N10O13S2. The Bertz CT molecular complexity index is 3430. The molecule has 1 aromatic heterocycles. The van der Waals surface area contributed by atoms with E-state index in [0.717, 1.165) is 70.2 Å². The summed E-state index contributed by atoms with van der Waals surface area (Å²) in [5.41, 5.74) is 15.1. The molecule has 9 rings (SSSR count). The lowest BCUT2D eigenvalue weighted by Crippen LogP contribution is -2.62. The normalized spacial score (nSPS) is 30.4. The van der Waals surface area contributed by atoms with Crippen LogP contribution in [0.15, 0.2) is 103 Å². The number of H-pyrrole nitrogens is 1. The number of aliphatic hydroxyl groups excluding tert-OH is 3. The van der Waals surface area contributed by atoms with Crippen molar-refractivity contribution < 1.29 is 63.6 Å². The predicted molar refractivity (Wildman–Crippen MR) is 369 cm³/mol. The van der Waals surface area contributed by atoms with E-state index in [0.29, 0.717) is 66.3 Å². The molecule has 17 atom stereocenters. The molecule has 0 bridgehead atoms. The number of ketones is 2. The summed E-state index contributed by atoms with van der Waals surface area (Å²) >= 11 is 0. The number of aromatic amines is 1. The Labute approximate surface area is 569 Å². The number of benzene rings is 3. The Kier molecular flexibility index (Phi) is 26.1. The summed E-state index contributed by atoms with van der Waals surface area (Å²) in [5.74, 6) is -3.74. The van der Waals surface area contributed by atoms with E-state index in [2.05, 4.69) is 63.0 Å². The highest BCUT2D eigenvalue weighted by Crippen LogP contribution is 2.68. The second-order valence-electron chi connectivity index (χ2n) is 27.4. The molecule has 96 heavy (non-hydrogen) atoms. The molecule has 2 heterocycles. The molecule has 23 nitrogen and oxygen atoms in total. The molecule has 16 N–H and O–H groups in total. The monoisotopic (exact) mass is 1360 g/mol. The van der Waals surface area contributed by atoms with Gasteiger partial charge in [0.25, 0.3) is 0 Å². The Hall–Kier alpha value is -6.97. The minimum atomic E-state index is -1.66. The topological polar surface area (TPSA) is 387 Å². The second-order valence-corrected chi connectivity index (χ2v) is 29.9.